The maximum Gasteiger partial charge on any atom is 0.338 e. The number of carboxylic acids is 2. The lowest BCUT2D eigenvalue weighted by molar-refractivity contribution is -0.136. The van der Waals surface area contributed by atoms with E-state index < -0.39 is 18.0 Å². The van der Waals surface area contributed by atoms with Gasteiger partial charge in [0.15, 0.2) is 0 Å². The first-order valence-electron chi connectivity index (χ1n) is 10.7. The monoisotopic (exact) mass is 438 g/mol. The Morgan fingerprint density at radius 1 is 0.848 bits per heavy atom. The zero-order chi connectivity index (χ0) is 22.9. The van der Waals surface area contributed by atoms with E-state index in [1.54, 1.807) is 0 Å². The molecule has 6 heteroatoms. The number of benzene rings is 3. The number of fused-ring (bicyclic) bond motifs is 2. The van der Waals surface area contributed by atoms with Crippen LogP contribution in [0.5, 0.6) is 0 Å². The van der Waals surface area contributed by atoms with Gasteiger partial charge in [-0.05, 0) is 29.7 Å². The van der Waals surface area contributed by atoms with Crippen molar-refractivity contribution in [3.63, 3.8) is 0 Å². The fourth-order valence-corrected chi connectivity index (χ4v) is 4.63. The molecule has 33 heavy (non-hydrogen) atoms. The summed E-state index contributed by atoms with van der Waals surface area (Å²) in [6.07, 6.45) is 2.38. The van der Waals surface area contributed by atoms with Crippen LogP contribution in [0, 0.1) is 0 Å². The van der Waals surface area contributed by atoms with E-state index in [9.17, 15) is 19.8 Å². The third-order valence-electron chi connectivity index (χ3n) is 6.05. The molecule has 164 valence electrons. The van der Waals surface area contributed by atoms with E-state index in [0.717, 1.165) is 27.5 Å². The third-order valence-corrected chi connectivity index (χ3v) is 6.05. The highest BCUT2D eigenvalue weighted by atomic mass is 16.4. The van der Waals surface area contributed by atoms with Gasteiger partial charge in [-0.2, -0.15) is 0 Å². The van der Waals surface area contributed by atoms with Crippen molar-refractivity contribution >= 4 is 33.7 Å². The van der Waals surface area contributed by atoms with Crippen LogP contribution in [0.2, 0.25) is 0 Å². The van der Waals surface area contributed by atoms with Gasteiger partial charge in [-0.3, -0.25) is 4.79 Å². The number of para-hydroxylation sites is 2. The Balaban J connectivity index is 1.80. The number of aromatic nitrogens is 2. The number of hydrogen-bond donors (Lipinski definition) is 3. The van der Waals surface area contributed by atoms with Crippen LogP contribution < -0.4 is 0 Å². The van der Waals surface area contributed by atoms with Crippen LogP contribution in [0.25, 0.3) is 21.8 Å². The highest BCUT2D eigenvalue weighted by molar-refractivity contribution is 6.05. The predicted molar refractivity (Wildman–Crippen MR) is 127 cm³/mol. The zero-order valence-electron chi connectivity index (χ0n) is 17.7. The van der Waals surface area contributed by atoms with Gasteiger partial charge in [0.25, 0.3) is 0 Å². The first kappa shape index (κ1) is 20.6. The Bertz CT molecular complexity index is 1480. The molecule has 0 aliphatic carbocycles. The number of aryl methyl sites for hydroxylation is 1. The van der Waals surface area contributed by atoms with Gasteiger partial charge in [0, 0.05) is 34.4 Å². The molecule has 2 aromatic heterocycles. The second kappa shape index (κ2) is 8.31. The maximum absolute atomic E-state index is 12.4. The molecule has 5 aromatic rings. The molecule has 0 saturated carbocycles. The molecule has 6 nitrogen and oxygen atoms in total. The lowest BCUT2D eigenvalue weighted by Crippen LogP contribution is -2.15. The number of hydrogen-bond acceptors (Lipinski definition) is 2. The number of carboxylic acid groups (broad SMARTS) is 2. The zero-order valence-corrected chi connectivity index (χ0v) is 17.7. The average Bonchev–Trinajstić information content (AvgIpc) is 3.38. The molecule has 1 unspecified atom stereocenters. The second-order valence-electron chi connectivity index (χ2n) is 8.05. The molecule has 3 aromatic carbocycles. The summed E-state index contributed by atoms with van der Waals surface area (Å²) in [5, 5.41) is 21.0. The Labute approximate surface area is 189 Å². The summed E-state index contributed by atoms with van der Waals surface area (Å²) in [4.78, 5) is 27.0. The molecule has 2 heterocycles. The maximum atomic E-state index is 12.4. The molecule has 0 spiro atoms. The molecule has 0 aliphatic rings. The number of aliphatic carboxylic acids is 1. The number of nitrogens with zero attached hydrogens (tertiary/aromatic N) is 1. The van der Waals surface area contributed by atoms with E-state index in [1.165, 1.54) is 0 Å². The van der Waals surface area contributed by atoms with Gasteiger partial charge in [-0.1, -0.05) is 66.7 Å². The summed E-state index contributed by atoms with van der Waals surface area (Å²) in [5.74, 6) is -1.85. The van der Waals surface area contributed by atoms with Gasteiger partial charge in [-0.25, -0.2) is 4.79 Å². The van der Waals surface area contributed by atoms with E-state index >= 15 is 0 Å². The first-order valence-corrected chi connectivity index (χ1v) is 10.7. The number of nitrogens with one attached hydrogen (secondary N) is 1. The fraction of sp³-hybridized carbons (Fsp3) is 0.111. The molecule has 0 saturated heterocycles. The van der Waals surface area contributed by atoms with Crippen molar-refractivity contribution in [3.8, 4) is 0 Å². The molecule has 0 bridgehead atoms. The Morgan fingerprint density at radius 2 is 1.52 bits per heavy atom. The molecule has 1 atom stereocenters. The third kappa shape index (κ3) is 3.65. The lowest BCUT2D eigenvalue weighted by Gasteiger charge is -2.21. The van der Waals surface area contributed by atoms with Gasteiger partial charge >= 0.3 is 11.9 Å². The number of carbonyl (C=O) groups is 2. The molecule has 3 N–H and O–H groups in total. The Kier molecular flexibility index (Phi) is 5.18. The summed E-state index contributed by atoms with van der Waals surface area (Å²) < 4.78 is 2.05. The largest absolute Gasteiger partial charge is 0.481 e. The smallest absolute Gasteiger partial charge is 0.338 e. The normalized spacial score (nSPS) is 12.2. The molecule has 0 amide bonds. The van der Waals surface area contributed by atoms with Gasteiger partial charge in [0.2, 0.25) is 0 Å². The van der Waals surface area contributed by atoms with E-state index in [-0.39, 0.29) is 12.0 Å². The van der Waals surface area contributed by atoms with Crippen LogP contribution >= 0.6 is 0 Å². The number of aromatic carboxylic acids is 1. The SMILES string of the molecule is O=C(O)CCc1cn(C(c2ccccc2)c2[nH]c3ccccc3c2C(=O)O)c2ccccc12. The van der Waals surface area contributed by atoms with E-state index in [4.69, 9.17) is 0 Å². The first-order chi connectivity index (χ1) is 16.0. The van der Waals surface area contributed by atoms with Crippen LogP contribution in [0.4, 0.5) is 0 Å². The predicted octanol–water partition coefficient (Wildman–Crippen LogP) is 5.48. The quantitative estimate of drug-likeness (QED) is 0.314. The number of H-pyrrole nitrogens is 1. The molecular weight excluding hydrogens is 416 g/mol. The molecule has 5 rings (SSSR count). The number of aromatic amines is 1. The summed E-state index contributed by atoms with van der Waals surface area (Å²) >= 11 is 0. The summed E-state index contributed by atoms with van der Waals surface area (Å²) in [7, 11) is 0. The lowest BCUT2D eigenvalue weighted by atomic mass is 9.99. The van der Waals surface area contributed by atoms with E-state index in [2.05, 4.69) is 9.55 Å². The molecular formula is C27H22N2O4. The summed E-state index contributed by atoms with van der Waals surface area (Å²) in [6, 6.07) is 24.5. The van der Waals surface area contributed by atoms with E-state index in [0.29, 0.717) is 17.5 Å². The Morgan fingerprint density at radius 3 is 2.24 bits per heavy atom. The number of rotatable bonds is 7. The van der Waals surface area contributed by atoms with Crippen LogP contribution in [-0.4, -0.2) is 31.7 Å². The van der Waals surface area contributed by atoms with Crippen molar-refractivity contribution in [1.29, 1.82) is 0 Å². The molecule has 0 aliphatic heterocycles. The Hall–Kier alpha value is -4.32. The minimum Gasteiger partial charge on any atom is -0.481 e. The minimum absolute atomic E-state index is 0.0246. The van der Waals surface area contributed by atoms with Crippen molar-refractivity contribution < 1.29 is 19.8 Å². The van der Waals surface area contributed by atoms with Crippen LogP contribution in [0.15, 0.2) is 85.1 Å². The van der Waals surface area contributed by atoms with Crippen LogP contribution in [-0.2, 0) is 11.2 Å². The minimum atomic E-state index is -0.994. The average molecular weight is 438 g/mol. The van der Waals surface area contributed by atoms with Gasteiger partial charge < -0.3 is 19.8 Å². The highest BCUT2D eigenvalue weighted by Crippen LogP contribution is 2.37. The van der Waals surface area contributed by atoms with Gasteiger partial charge in [-0.15, -0.1) is 0 Å². The second-order valence-corrected chi connectivity index (χ2v) is 8.05. The standard InChI is InChI=1S/C27H22N2O4/c30-23(31)15-14-18-16-29(22-13-7-5-10-19(18)22)26(17-8-2-1-3-9-17)25-24(27(32)33)20-11-4-6-12-21(20)28-25/h1-13,16,26,28H,14-15H2,(H,30,31)(H,32,33). The van der Waals surface area contributed by atoms with Crippen molar-refractivity contribution in [2.24, 2.45) is 0 Å². The van der Waals surface area contributed by atoms with Gasteiger partial charge in [0.1, 0.15) is 0 Å². The van der Waals surface area contributed by atoms with Crippen molar-refractivity contribution in [3.05, 3.63) is 107 Å². The molecule has 0 fully saturated rings. The van der Waals surface area contributed by atoms with Crippen molar-refractivity contribution in [1.82, 2.24) is 9.55 Å². The summed E-state index contributed by atoms with van der Waals surface area (Å²) in [5.41, 5.74) is 4.35. The highest BCUT2D eigenvalue weighted by Gasteiger charge is 2.28. The molecule has 0 radical (unpaired) electrons. The van der Waals surface area contributed by atoms with E-state index in [1.807, 2.05) is 85.1 Å². The van der Waals surface area contributed by atoms with Crippen molar-refractivity contribution in [2.75, 3.05) is 0 Å². The van der Waals surface area contributed by atoms with Crippen LogP contribution in [0.3, 0.4) is 0 Å². The topological polar surface area (TPSA) is 95.3 Å². The summed E-state index contributed by atoms with van der Waals surface area (Å²) in [6.45, 7) is 0. The fourth-order valence-electron chi connectivity index (χ4n) is 4.63. The van der Waals surface area contributed by atoms with Crippen LogP contribution in [0.1, 0.15) is 39.6 Å². The van der Waals surface area contributed by atoms with Gasteiger partial charge in [0.05, 0.1) is 17.3 Å². The van der Waals surface area contributed by atoms with Crippen molar-refractivity contribution in [2.45, 2.75) is 18.9 Å².